The number of rotatable bonds is 5. The molecule has 124 valence electrons. The summed E-state index contributed by atoms with van der Waals surface area (Å²) in [6, 6.07) is 11.9. The minimum atomic E-state index is -3.62. The first kappa shape index (κ1) is 16.7. The monoisotopic (exact) mass is 380 g/mol. The van der Waals surface area contributed by atoms with Gasteiger partial charge in [0.05, 0.1) is 0 Å². The molecule has 0 amide bonds. The number of halogens is 1. The van der Waals surface area contributed by atoms with Crippen LogP contribution in [0.3, 0.4) is 0 Å². The third-order valence-corrected chi connectivity index (χ3v) is 6.27. The lowest BCUT2D eigenvalue weighted by atomic mass is 10.2. The highest BCUT2D eigenvalue weighted by molar-refractivity contribution is 7.94. The maximum absolute atomic E-state index is 12.1. The number of hydrogen-bond acceptors (Lipinski definition) is 6. The summed E-state index contributed by atoms with van der Waals surface area (Å²) >= 11 is 7.21. The molecule has 0 saturated heterocycles. The Morgan fingerprint density at radius 3 is 2.46 bits per heavy atom. The van der Waals surface area contributed by atoms with Gasteiger partial charge >= 0.3 is 0 Å². The van der Waals surface area contributed by atoms with Crippen LogP contribution in [0.25, 0.3) is 0 Å². The molecule has 2 N–H and O–H groups in total. The zero-order valence-corrected chi connectivity index (χ0v) is 14.9. The van der Waals surface area contributed by atoms with Crippen LogP contribution in [0.15, 0.2) is 52.1 Å². The van der Waals surface area contributed by atoms with Gasteiger partial charge in [0.1, 0.15) is 4.21 Å². The first-order valence-corrected chi connectivity index (χ1v) is 9.61. The molecule has 0 atom stereocenters. The Morgan fingerprint density at radius 2 is 1.83 bits per heavy atom. The van der Waals surface area contributed by atoms with E-state index in [-0.39, 0.29) is 10.0 Å². The van der Waals surface area contributed by atoms with E-state index in [0.29, 0.717) is 10.8 Å². The van der Waals surface area contributed by atoms with Crippen molar-refractivity contribution in [1.82, 2.24) is 10.2 Å². The minimum absolute atomic E-state index is 0.149. The van der Waals surface area contributed by atoms with Crippen LogP contribution in [0.4, 0.5) is 17.3 Å². The SMILES string of the molecule is Cc1ccc(Nc2ccc(NS(=O)(=O)c3cccs3)nn2)cc1Cl. The number of aromatic nitrogens is 2. The van der Waals surface area contributed by atoms with Crippen LogP contribution in [0, 0.1) is 6.92 Å². The number of anilines is 3. The van der Waals surface area contributed by atoms with Gasteiger partial charge < -0.3 is 5.32 Å². The molecule has 3 aromatic rings. The van der Waals surface area contributed by atoms with Gasteiger partial charge in [-0.2, -0.15) is 0 Å². The predicted molar refractivity (Wildman–Crippen MR) is 96.6 cm³/mol. The summed E-state index contributed by atoms with van der Waals surface area (Å²) in [5.41, 5.74) is 1.75. The molecular formula is C15H13ClN4O2S2. The molecule has 24 heavy (non-hydrogen) atoms. The fraction of sp³-hybridized carbons (Fsp3) is 0.0667. The van der Waals surface area contributed by atoms with Gasteiger partial charge in [0.25, 0.3) is 10.0 Å². The molecule has 9 heteroatoms. The van der Waals surface area contributed by atoms with E-state index in [1.807, 2.05) is 19.1 Å². The number of benzene rings is 1. The second kappa shape index (κ2) is 6.76. The Bertz CT molecular complexity index is 942. The van der Waals surface area contributed by atoms with Crippen LogP contribution in [-0.4, -0.2) is 18.6 Å². The molecule has 0 aliphatic heterocycles. The van der Waals surface area contributed by atoms with Gasteiger partial charge in [-0.25, -0.2) is 8.42 Å². The van der Waals surface area contributed by atoms with Crippen molar-refractivity contribution in [3.8, 4) is 0 Å². The number of sulfonamides is 1. The molecule has 2 aromatic heterocycles. The average molecular weight is 381 g/mol. The van der Waals surface area contributed by atoms with Gasteiger partial charge in [-0.05, 0) is 48.2 Å². The number of hydrogen-bond donors (Lipinski definition) is 2. The predicted octanol–water partition coefficient (Wildman–Crippen LogP) is 4.04. The molecular weight excluding hydrogens is 368 g/mol. The van der Waals surface area contributed by atoms with E-state index in [1.165, 1.54) is 12.1 Å². The molecule has 0 spiro atoms. The van der Waals surface area contributed by atoms with E-state index in [0.717, 1.165) is 22.6 Å². The van der Waals surface area contributed by atoms with Crippen molar-refractivity contribution in [2.45, 2.75) is 11.1 Å². The summed E-state index contributed by atoms with van der Waals surface area (Å²) < 4.78 is 26.8. The maximum Gasteiger partial charge on any atom is 0.272 e. The Hall–Kier alpha value is -2.16. The molecule has 0 aliphatic carbocycles. The van der Waals surface area contributed by atoms with Crippen molar-refractivity contribution >= 4 is 50.3 Å². The zero-order chi connectivity index (χ0) is 17.2. The number of aryl methyl sites for hydroxylation is 1. The number of thiophene rings is 1. The third-order valence-electron chi connectivity index (χ3n) is 3.11. The standard InChI is InChI=1S/C15H13ClN4O2S2/c1-10-4-5-11(9-12(10)16)17-13-6-7-14(19-18-13)20-24(21,22)15-3-2-8-23-15/h2-9H,1H3,(H,17,18)(H,19,20). The lowest BCUT2D eigenvalue weighted by molar-refractivity contribution is 0.603. The van der Waals surface area contributed by atoms with Gasteiger partial charge in [0, 0.05) is 10.7 Å². The summed E-state index contributed by atoms with van der Waals surface area (Å²) in [5, 5.41) is 13.2. The van der Waals surface area contributed by atoms with Gasteiger partial charge in [0.2, 0.25) is 0 Å². The Balaban J connectivity index is 1.72. The van der Waals surface area contributed by atoms with Crippen LogP contribution in [-0.2, 0) is 10.0 Å². The molecule has 1 aromatic carbocycles. The molecule has 3 rings (SSSR count). The number of nitrogens with zero attached hydrogens (tertiary/aromatic N) is 2. The van der Waals surface area contributed by atoms with E-state index in [2.05, 4.69) is 20.2 Å². The summed E-state index contributed by atoms with van der Waals surface area (Å²) in [7, 11) is -3.62. The van der Waals surface area contributed by atoms with Crippen LogP contribution in [0.1, 0.15) is 5.56 Å². The van der Waals surface area contributed by atoms with Crippen molar-refractivity contribution in [2.75, 3.05) is 10.0 Å². The molecule has 0 radical (unpaired) electrons. The summed E-state index contributed by atoms with van der Waals surface area (Å²) in [6.45, 7) is 1.92. The second-order valence-corrected chi connectivity index (χ2v) is 8.19. The van der Waals surface area contributed by atoms with E-state index in [1.54, 1.807) is 23.6 Å². The fourth-order valence-corrected chi connectivity index (χ4v) is 4.05. The van der Waals surface area contributed by atoms with Crippen molar-refractivity contribution in [3.63, 3.8) is 0 Å². The van der Waals surface area contributed by atoms with Gasteiger partial charge in [-0.3, -0.25) is 4.72 Å². The first-order valence-electron chi connectivity index (χ1n) is 6.87. The summed E-state index contributed by atoms with van der Waals surface area (Å²) in [4.78, 5) is 0. The smallest absolute Gasteiger partial charge is 0.272 e. The normalized spacial score (nSPS) is 11.2. The van der Waals surface area contributed by atoms with Crippen molar-refractivity contribution in [1.29, 1.82) is 0 Å². The highest BCUT2D eigenvalue weighted by Crippen LogP contribution is 2.23. The van der Waals surface area contributed by atoms with E-state index in [9.17, 15) is 8.42 Å². The lowest BCUT2D eigenvalue weighted by Gasteiger charge is -2.08. The topological polar surface area (TPSA) is 84.0 Å². The van der Waals surface area contributed by atoms with Gasteiger partial charge in [-0.1, -0.05) is 23.7 Å². The molecule has 0 saturated carbocycles. The molecule has 2 heterocycles. The zero-order valence-electron chi connectivity index (χ0n) is 12.5. The molecule has 0 unspecified atom stereocenters. The highest BCUT2D eigenvalue weighted by Gasteiger charge is 2.15. The largest absolute Gasteiger partial charge is 0.339 e. The van der Waals surface area contributed by atoms with Crippen molar-refractivity contribution < 1.29 is 8.42 Å². The Labute approximate surface area is 148 Å². The minimum Gasteiger partial charge on any atom is -0.339 e. The molecule has 0 aliphatic rings. The quantitative estimate of drug-likeness (QED) is 0.697. The first-order chi connectivity index (χ1) is 11.4. The average Bonchev–Trinajstić information content (AvgIpc) is 3.08. The van der Waals surface area contributed by atoms with Crippen LogP contribution in [0.2, 0.25) is 5.02 Å². The van der Waals surface area contributed by atoms with Gasteiger partial charge in [-0.15, -0.1) is 21.5 Å². The van der Waals surface area contributed by atoms with Crippen molar-refractivity contribution in [2.24, 2.45) is 0 Å². The maximum atomic E-state index is 12.1. The summed E-state index contributed by atoms with van der Waals surface area (Å²) in [6.07, 6.45) is 0. The molecule has 0 fully saturated rings. The third kappa shape index (κ3) is 3.84. The molecule has 6 nitrogen and oxygen atoms in total. The van der Waals surface area contributed by atoms with E-state index < -0.39 is 10.0 Å². The highest BCUT2D eigenvalue weighted by atomic mass is 35.5. The lowest BCUT2D eigenvalue weighted by Crippen LogP contribution is -2.13. The number of nitrogens with one attached hydrogen (secondary N) is 2. The van der Waals surface area contributed by atoms with E-state index >= 15 is 0 Å². The van der Waals surface area contributed by atoms with Crippen molar-refractivity contribution in [3.05, 3.63) is 58.4 Å². The van der Waals surface area contributed by atoms with Crippen LogP contribution >= 0.6 is 22.9 Å². The second-order valence-electron chi connectivity index (χ2n) is 4.93. The van der Waals surface area contributed by atoms with E-state index in [4.69, 9.17) is 11.6 Å². The van der Waals surface area contributed by atoms with Crippen LogP contribution in [0.5, 0.6) is 0 Å². The Morgan fingerprint density at radius 1 is 1.08 bits per heavy atom. The summed E-state index contributed by atoms with van der Waals surface area (Å²) in [5.74, 6) is 0.630. The fourth-order valence-electron chi connectivity index (χ4n) is 1.88. The Kier molecular flexibility index (Phi) is 4.70. The van der Waals surface area contributed by atoms with Crippen LogP contribution < -0.4 is 10.0 Å². The van der Waals surface area contributed by atoms with Gasteiger partial charge in [0.15, 0.2) is 11.6 Å². The molecule has 0 bridgehead atoms.